The van der Waals surface area contributed by atoms with Crippen LogP contribution in [0.25, 0.3) is 0 Å². The van der Waals surface area contributed by atoms with E-state index in [9.17, 15) is 14.4 Å². The van der Waals surface area contributed by atoms with Gasteiger partial charge in [-0.2, -0.15) is 0 Å². The van der Waals surface area contributed by atoms with Crippen molar-refractivity contribution in [1.82, 2.24) is 15.1 Å². The first-order valence-corrected chi connectivity index (χ1v) is 10.2. The van der Waals surface area contributed by atoms with Gasteiger partial charge < -0.3 is 20.9 Å². The Hall–Kier alpha value is -3.68. The Bertz CT molecular complexity index is 959. The Morgan fingerprint density at radius 2 is 1.58 bits per heavy atom. The highest BCUT2D eigenvalue weighted by atomic mass is 16.2. The Morgan fingerprint density at radius 1 is 1.00 bits per heavy atom. The fraction of sp³-hybridized carbons (Fsp3) is 0.304. The third-order valence-corrected chi connectivity index (χ3v) is 5.39. The molecule has 8 heteroatoms. The second-order valence-electron chi connectivity index (χ2n) is 7.60. The molecule has 3 amide bonds. The molecule has 1 aliphatic rings. The van der Waals surface area contributed by atoms with E-state index in [1.165, 1.54) is 4.90 Å². The monoisotopic (exact) mass is 421 g/mol. The lowest BCUT2D eigenvalue weighted by molar-refractivity contribution is -0.156. The van der Waals surface area contributed by atoms with Crippen LogP contribution in [-0.2, 0) is 9.59 Å². The van der Waals surface area contributed by atoms with Gasteiger partial charge in [-0.25, -0.2) is 0 Å². The minimum absolute atomic E-state index is 0.0626. The van der Waals surface area contributed by atoms with Gasteiger partial charge in [-0.15, -0.1) is 0 Å². The van der Waals surface area contributed by atoms with Crippen LogP contribution < -0.4 is 11.1 Å². The number of amidine groups is 1. The third-order valence-electron chi connectivity index (χ3n) is 5.39. The summed E-state index contributed by atoms with van der Waals surface area (Å²) in [7, 11) is 0. The zero-order valence-corrected chi connectivity index (χ0v) is 17.5. The summed E-state index contributed by atoms with van der Waals surface area (Å²) in [6.45, 7) is 3.96. The lowest BCUT2D eigenvalue weighted by atomic mass is 10.0. The predicted molar refractivity (Wildman–Crippen MR) is 118 cm³/mol. The van der Waals surface area contributed by atoms with Crippen molar-refractivity contribution in [1.29, 1.82) is 5.41 Å². The average molecular weight is 422 g/mol. The van der Waals surface area contributed by atoms with E-state index in [0.29, 0.717) is 30.8 Å². The number of benzene rings is 2. The van der Waals surface area contributed by atoms with E-state index in [-0.39, 0.29) is 30.8 Å². The molecule has 0 radical (unpaired) electrons. The van der Waals surface area contributed by atoms with Crippen molar-refractivity contribution in [2.75, 3.05) is 32.7 Å². The number of carbonyl (C=O) groups is 3. The molecule has 0 aliphatic carbocycles. The molecule has 3 rings (SSSR count). The van der Waals surface area contributed by atoms with Crippen LogP contribution in [0.1, 0.15) is 34.3 Å². The predicted octanol–water partition coefficient (Wildman–Crippen LogP) is 1.17. The Morgan fingerprint density at radius 3 is 2.23 bits per heavy atom. The fourth-order valence-electron chi connectivity index (χ4n) is 3.53. The van der Waals surface area contributed by atoms with Crippen LogP contribution in [-0.4, -0.2) is 66.1 Å². The normalized spacial score (nSPS) is 15.0. The summed E-state index contributed by atoms with van der Waals surface area (Å²) in [5.74, 6) is -1.25. The summed E-state index contributed by atoms with van der Waals surface area (Å²) in [6, 6.07) is 16.3. The number of nitrogens with two attached hydrogens (primary N) is 1. The number of hydrogen-bond donors (Lipinski definition) is 3. The summed E-state index contributed by atoms with van der Waals surface area (Å²) in [5.41, 5.74) is 7.51. The van der Waals surface area contributed by atoms with Crippen molar-refractivity contribution >= 4 is 23.6 Å². The molecule has 0 spiro atoms. The number of nitrogens with zero attached hydrogens (tertiary/aromatic N) is 2. The Labute approximate surface area is 181 Å². The number of amides is 3. The molecule has 0 saturated carbocycles. The highest BCUT2D eigenvalue weighted by molar-refractivity contribution is 6.35. The first-order valence-electron chi connectivity index (χ1n) is 10.2. The van der Waals surface area contributed by atoms with E-state index in [0.717, 1.165) is 5.56 Å². The maximum atomic E-state index is 12.5. The minimum atomic E-state index is -0.536. The molecular weight excluding hydrogens is 394 g/mol. The average Bonchev–Trinajstić information content (AvgIpc) is 2.79. The van der Waals surface area contributed by atoms with Gasteiger partial charge in [-0.3, -0.25) is 19.8 Å². The topological polar surface area (TPSA) is 120 Å². The molecule has 1 heterocycles. The molecule has 1 aliphatic heterocycles. The first kappa shape index (κ1) is 22.0. The molecule has 4 N–H and O–H groups in total. The molecule has 2 aromatic carbocycles. The van der Waals surface area contributed by atoms with Gasteiger partial charge >= 0.3 is 11.8 Å². The zero-order valence-electron chi connectivity index (χ0n) is 17.5. The Balaban J connectivity index is 1.47. The van der Waals surface area contributed by atoms with Crippen molar-refractivity contribution in [2.24, 2.45) is 5.73 Å². The number of hydrogen-bond acceptors (Lipinski definition) is 4. The maximum absolute atomic E-state index is 12.5. The third kappa shape index (κ3) is 5.48. The molecular formula is C23H27N5O3. The minimum Gasteiger partial charge on any atom is -0.384 e. The van der Waals surface area contributed by atoms with Gasteiger partial charge in [0.25, 0.3) is 5.91 Å². The van der Waals surface area contributed by atoms with Gasteiger partial charge in [0.05, 0.1) is 0 Å². The van der Waals surface area contributed by atoms with Crippen LogP contribution in [0.3, 0.4) is 0 Å². The van der Waals surface area contributed by atoms with Gasteiger partial charge in [-0.1, -0.05) is 49.4 Å². The molecule has 1 atom stereocenters. The molecule has 162 valence electrons. The van der Waals surface area contributed by atoms with Crippen molar-refractivity contribution in [3.63, 3.8) is 0 Å². The van der Waals surface area contributed by atoms with Crippen molar-refractivity contribution in [3.8, 4) is 0 Å². The number of nitrogens with one attached hydrogen (secondary N) is 2. The fourth-order valence-corrected chi connectivity index (χ4v) is 3.53. The van der Waals surface area contributed by atoms with Crippen molar-refractivity contribution in [2.45, 2.75) is 12.8 Å². The molecule has 8 nitrogen and oxygen atoms in total. The van der Waals surface area contributed by atoms with Gasteiger partial charge in [0.15, 0.2) is 0 Å². The molecule has 0 bridgehead atoms. The summed E-state index contributed by atoms with van der Waals surface area (Å²) in [5, 5.41) is 10.1. The van der Waals surface area contributed by atoms with E-state index in [4.69, 9.17) is 11.1 Å². The summed E-state index contributed by atoms with van der Waals surface area (Å²) < 4.78 is 0. The molecule has 1 fully saturated rings. The lowest BCUT2D eigenvalue weighted by Gasteiger charge is -2.35. The molecule has 31 heavy (non-hydrogen) atoms. The molecule has 2 aromatic rings. The lowest BCUT2D eigenvalue weighted by Crippen LogP contribution is -2.56. The number of carbonyl (C=O) groups excluding carboxylic acids is 3. The van der Waals surface area contributed by atoms with Gasteiger partial charge in [-0.05, 0) is 23.6 Å². The van der Waals surface area contributed by atoms with Crippen molar-refractivity contribution < 1.29 is 14.4 Å². The Kier molecular flexibility index (Phi) is 7.02. The van der Waals surface area contributed by atoms with Crippen LogP contribution in [0.4, 0.5) is 0 Å². The van der Waals surface area contributed by atoms with Crippen LogP contribution in [0, 0.1) is 5.41 Å². The second-order valence-corrected chi connectivity index (χ2v) is 7.60. The number of rotatable bonds is 8. The standard InChI is InChI=1S/C23H27N5O3/c1-16(17-5-3-2-4-6-17)15-28-14-13-27(22(30)23(28)31)12-11-26-21(29)19-9-7-18(8-10-19)20(24)25/h2-10,16H,11-15H2,1H3,(H3,24,25)(H,26,29). The smallest absolute Gasteiger partial charge is 0.312 e. The van der Waals surface area contributed by atoms with Gasteiger partial charge in [0.2, 0.25) is 0 Å². The van der Waals surface area contributed by atoms with E-state index in [2.05, 4.69) is 5.32 Å². The maximum Gasteiger partial charge on any atom is 0.312 e. The van der Waals surface area contributed by atoms with Crippen LogP contribution in [0.5, 0.6) is 0 Å². The van der Waals surface area contributed by atoms with Crippen LogP contribution >= 0.6 is 0 Å². The van der Waals surface area contributed by atoms with E-state index in [1.54, 1.807) is 29.2 Å². The quantitative estimate of drug-likeness (QED) is 0.337. The summed E-state index contributed by atoms with van der Waals surface area (Å²) >= 11 is 0. The zero-order chi connectivity index (χ0) is 22.4. The van der Waals surface area contributed by atoms with E-state index < -0.39 is 11.8 Å². The van der Waals surface area contributed by atoms with Crippen LogP contribution in [0.2, 0.25) is 0 Å². The second kappa shape index (κ2) is 9.88. The van der Waals surface area contributed by atoms with E-state index in [1.807, 2.05) is 37.3 Å². The van der Waals surface area contributed by atoms with Gasteiger partial charge in [0, 0.05) is 43.9 Å². The van der Waals surface area contributed by atoms with E-state index >= 15 is 0 Å². The summed E-state index contributed by atoms with van der Waals surface area (Å²) in [4.78, 5) is 40.3. The SMILES string of the molecule is CC(CN1CCN(CCNC(=O)c2ccc(C(=N)N)cc2)C(=O)C1=O)c1ccccc1. The van der Waals surface area contributed by atoms with Gasteiger partial charge in [0.1, 0.15) is 5.84 Å². The first-order chi connectivity index (χ1) is 14.9. The van der Waals surface area contributed by atoms with Crippen LogP contribution in [0.15, 0.2) is 54.6 Å². The van der Waals surface area contributed by atoms with Crippen molar-refractivity contribution in [3.05, 3.63) is 71.3 Å². The largest absolute Gasteiger partial charge is 0.384 e. The highest BCUT2D eigenvalue weighted by Crippen LogP contribution is 2.17. The molecule has 1 saturated heterocycles. The summed E-state index contributed by atoms with van der Waals surface area (Å²) in [6.07, 6.45) is 0. The molecule has 1 unspecified atom stereocenters. The molecule has 0 aromatic heterocycles. The highest BCUT2D eigenvalue weighted by Gasteiger charge is 2.32. The number of nitrogen functional groups attached to an aromatic ring is 1. The number of piperazine rings is 1.